The van der Waals surface area contributed by atoms with E-state index in [-0.39, 0.29) is 0 Å². The first kappa shape index (κ1) is 13.2. The highest BCUT2D eigenvalue weighted by Gasteiger charge is 2.12. The molecule has 1 unspecified atom stereocenters. The lowest BCUT2D eigenvalue weighted by molar-refractivity contribution is 0.660. The molecular formula is C17H23N3. The number of aromatic nitrogens is 2. The molecule has 1 heterocycles. The Morgan fingerprint density at radius 3 is 2.80 bits per heavy atom. The number of hydrogen-bond acceptors (Lipinski definition) is 2. The van der Waals surface area contributed by atoms with Crippen molar-refractivity contribution in [2.45, 2.75) is 52.1 Å². The molecule has 0 spiro atoms. The van der Waals surface area contributed by atoms with E-state index in [4.69, 9.17) is 0 Å². The van der Waals surface area contributed by atoms with Gasteiger partial charge in [-0.05, 0) is 56.2 Å². The molecular weight excluding hydrogens is 246 g/mol. The van der Waals surface area contributed by atoms with Crippen molar-refractivity contribution in [2.75, 3.05) is 5.32 Å². The second-order valence-corrected chi connectivity index (χ2v) is 5.69. The molecule has 0 saturated carbocycles. The van der Waals surface area contributed by atoms with Gasteiger partial charge in [-0.15, -0.1) is 0 Å². The van der Waals surface area contributed by atoms with Crippen LogP contribution in [0.4, 0.5) is 5.69 Å². The predicted molar refractivity (Wildman–Crippen MR) is 83.0 cm³/mol. The molecule has 0 radical (unpaired) electrons. The van der Waals surface area contributed by atoms with E-state index >= 15 is 0 Å². The normalized spacial score (nSPS) is 15.7. The number of hydrogen-bond donors (Lipinski definition) is 1. The van der Waals surface area contributed by atoms with Crippen molar-refractivity contribution in [1.82, 2.24) is 9.78 Å². The molecule has 1 aliphatic carbocycles. The number of benzene rings is 1. The van der Waals surface area contributed by atoms with Gasteiger partial charge in [-0.1, -0.05) is 18.2 Å². The van der Waals surface area contributed by atoms with Crippen LogP contribution in [0.15, 0.2) is 30.6 Å². The third kappa shape index (κ3) is 2.72. The van der Waals surface area contributed by atoms with Crippen molar-refractivity contribution in [3.05, 3.63) is 47.3 Å². The summed E-state index contributed by atoms with van der Waals surface area (Å²) in [7, 11) is 0. The Labute approximate surface area is 121 Å². The highest BCUT2D eigenvalue weighted by Crippen LogP contribution is 2.26. The zero-order valence-electron chi connectivity index (χ0n) is 12.4. The third-order valence-electron chi connectivity index (χ3n) is 4.21. The lowest BCUT2D eigenvalue weighted by atomic mass is 9.89. The Balaban J connectivity index is 1.74. The van der Waals surface area contributed by atoms with Crippen LogP contribution in [-0.4, -0.2) is 9.78 Å². The standard InChI is InChI=1S/C17H23N3/c1-3-20-12-17(11-18-20)19-13(2)15-9-8-14-6-4-5-7-16(14)10-15/h8-13,19H,3-7H2,1-2H3. The predicted octanol–water partition coefficient (Wildman–Crippen LogP) is 3.95. The lowest BCUT2D eigenvalue weighted by Gasteiger charge is -2.20. The first-order chi connectivity index (χ1) is 9.76. The van der Waals surface area contributed by atoms with Gasteiger partial charge in [0.25, 0.3) is 0 Å². The number of aryl methyl sites for hydroxylation is 3. The monoisotopic (exact) mass is 269 g/mol. The Morgan fingerprint density at radius 1 is 1.25 bits per heavy atom. The van der Waals surface area contributed by atoms with Crippen LogP contribution < -0.4 is 5.32 Å². The quantitative estimate of drug-likeness (QED) is 0.910. The topological polar surface area (TPSA) is 29.9 Å². The molecule has 1 aliphatic rings. The summed E-state index contributed by atoms with van der Waals surface area (Å²) in [6.07, 6.45) is 9.13. The molecule has 0 bridgehead atoms. The molecule has 3 rings (SSSR count). The number of nitrogens with zero attached hydrogens (tertiary/aromatic N) is 2. The van der Waals surface area contributed by atoms with Gasteiger partial charge >= 0.3 is 0 Å². The minimum Gasteiger partial charge on any atom is -0.376 e. The first-order valence-electron chi connectivity index (χ1n) is 7.67. The van der Waals surface area contributed by atoms with Crippen LogP contribution in [0.2, 0.25) is 0 Å². The van der Waals surface area contributed by atoms with E-state index in [1.54, 1.807) is 11.1 Å². The van der Waals surface area contributed by atoms with Crippen LogP contribution in [-0.2, 0) is 19.4 Å². The number of fused-ring (bicyclic) bond motifs is 1. The van der Waals surface area contributed by atoms with Crippen LogP contribution >= 0.6 is 0 Å². The van der Waals surface area contributed by atoms with Gasteiger partial charge in [0.1, 0.15) is 0 Å². The molecule has 0 fully saturated rings. The fourth-order valence-electron chi connectivity index (χ4n) is 2.97. The highest BCUT2D eigenvalue weighted by atomic mass is 15.3. The maximum atomic E-state index is 4.31. The molecule has 2 aromatic rings. The Bertz CT molecular complexity index is 586. The molecule has 1 aromatic heterocycles. The Kier molecular flexibility index (Phi) is 3.77. The Hall–Kier alpha value is -1.77. The molecule has 0 aliphatic heterocycles. The van der Waals surface area contributed by atoms with Gasteiger partial charge in [-0.3, -0.25) is 4.68 Å². The largest absolute Gasteiger partial charge is 0.376 e. The van der Waals surface area contributed by atoms with Gasteiger partial charge < -0.3 is 5.32 Å². The van der Waals surface area contributed by atoms with Crippen molar-refractivity contribution >= 4 is 5.69 Å². The maximum absolute atomic E-state index is 4.31. The van der Waals surface area contributed by atoms with E-state index in [1.165, 1.54) is 31.2 Å². The Morgan fingerprint density at radius 2 is 2.05 bits per heavy atom. The van der Waals surface area contributed by atoms with Gasteiger partial charge in [-0.2, -0.15) is 5.10 Å². The zero-order valence-corrected chi connectivity index (χ0v) is 12.4. The summed E-state index contributed by atoms with van der Waals surface area (Å²) < 4.78 is 1.95. The SMILES string of the molecule is CCn1cc(NC(C)c2ccc3c(c2)CCCC3)cn1. The van der Waals surface area contributed by atoms with E-state index < -0.39 is 0 Å². The van der Waals surface area contributed by atoms with Gasteiger partial charge in [0.2, 0.25) is 0 Å². The second-order valence-electron chi connectivity index (χ2n) is 5.69. The minimum atomic E-state index is 0.316. The van der Waals surface area contributed by atoms with Gasteiger partial charge in [0.05, 0.1) is 11.9 Å². The molecule has 1 atom stereocenters. The number of anilines is 1. The van der Waals surface area contributed by atoms with E-state index in [2.05, 4.69) is 48.7 Å². The molecule has 3 nitrogen and oxygen atoms in total. The summed E-state index contributed by atoms with van der Waals surface area (Å²) in [5.74, 6) is 0. The van der Waals surface area contributed by atoms with E-state index in [1.807, 2.05) is 10.9 Å². The maximum Gasteiger partial charge on any atom is 0.0731 e. The molecule has 0 saturated heterocycles. The fraction of sp³-hybridized carbons (Fsp3) is 0.471. The highest BCUT2D eigenvalue weighted by molar-refractivity contribution is 5.43. The van der Waals surface area contributed by atoms with Crippen molar-refractivity contribution in [3.8, 4) is 0 Å². The lowest BCUT2D eigenvalue weighted by Crippen LogP contribution is -2.09. The van der Waals surface area contributed by atoms with Crippen molar-refractivity contribution < 1.29 is 0 Å². The summed E-state index contributed by atoms with van der Waals surface area (Å²) >= 11 is 0. The molecule has 106 valence electrons. The minimum absolute atomic E-state index is 0.316. The van der Waals surface area contributed by atoms with E-state index in [9.17, 15) is 0 Å². The zero-order chi connectivity index (χ0) is 13.9. The van der Waals surface area contributed by atoms with Crippen LogP contribution in [0.5, 0.6) is 0 Å². The van der Waals surface area contributed by atoms with Crippen molar-refractivity contribution in [2.24, 2.45) is 0 Å². The van der Waals surface area contributed by atoms with Gasteiger partial charge in [0.15, 0.2) is 0 Å². The van der Waals surface area contributed by atoms with E-state index in [0.29, 0.717) is 6.04 Å². The summed E-state index contributed by atoms with van der Waals surface area (Å²) in [6, 6.07) is 7.29. The van der Waals surface area contributed by atoms with Gasteiger partial charge in [-0.25, -0.2) is 0 Å². The fourth-order valence-corrected chi connectivity index (χ4v) is 2.97. The molecule has 3 heteroatoms. The first-order valence-corrected chi connectivity index (χ1v) is 7.67. The van der Waals surface area contributed by atoms with Crippen LogP contribution in [0.1, 0.15) is 49.4 Å². The van der Waals surface area contributed by atoms with Crippen LogP contribution in [0, 0.1) is 0 Å². The molecule has 0 amide bonds. The number of rotatable bonds is 4. The summed E-state index contributed by atoms with van der Waals surface area (Å²) in [5.41, 5.74) is 5.56. The summed E-state index contributed by atoms with van der Waals surface area (Å²) in [5, 5.41) is 7.84. The molecule has 20 heavy (non-hydrogen) atoms. The van der Waals surface area contributed by atoms with Crippen LogP contribution in [0.25, 0.3) is 0 Å². The average Bonchev–Trinajstić information content (AvgIpc) is 2.94. The third-order valence-corrected chi connectivity index (χ3v) is 4.21. The van der Waals surface area contributed by atoms with E-state index in [0.717, 1.165) is 12.2 Å². The number of nitrogens with one attached hydrogen (secondary N) is 1. The molecule has 1 aromatic carbocycles. The second kappa shape index (κ2) is 5.70. The van der Waals surface area contributed by atoms with Gasteiger partial charge in [0, 0.05) is 18.8 Å². The average molecular weight is 269 g/mol. The summed E-state index contributed by atoms with van der Waals surface area (Å²) in [4.78, 5) is 0. The van der Waals surface area contributed by atoms with Crippen molar-refractivity contribution in [3.63, 3.8) is 0 Å². The smallest absolute Gasteiger partial charge is 0.0731 e. The van der Waals surface area contributed by atoms with Crippen molar-refractivity contribution in [1.29, 1.82) is 0 Å². The molecule has 1 N–H and O–H groups in total. The summed E-state index contributed by atoms with van der Waals surface area (Å²) in [6.45, 7) is 5.23. The van der Waals surface area contributed by atoms with Crippen LogP contribution in [0.3, 0.4) is 0 Å².